The highest BCUT2D eigenvalue weighted by molar-refractivity contribution is 5.78. The van der Waals surface area contributed by atoms with Crippen molar-refractivity contribution in [1.82, 2.24) is 14.8 Å². The van der Waals surface area contributed by atoms with Crippen molar-refractivity contribution < 1.29 is 9.53 Å². The molecule has 2 aliphatic rings. The van der Waals surface area contributed by atoms with Crippen molar-refractivity contribution in [3.05, 3.63) is 30.1 Å². The van der Waals surface area contributed by atoms with Crippen LogP contribution in [-0.2, 0) is 9.53 Å². The molecule has 0 radical (unpaired) electrons. The van der Waals surface area contributed by atoms with Crippen molar-refractivity contribution in [1.29, 1.82) is 0 Å². The molecule has 0 saturated carbocycles. The van der Waals surface area contributed by atoms with Crippen LogP contribution in [0.4, 0.5) is 0 Å². The summed E-state index contributed by atoms with van der Waals surface area (Å²) in [6.45, 7) is 4.74. The molecule has 0 aliphatic carbocycles. The molecule has 3 rings (SSSR count). The van der Waals surface area contributed by atoms with E-state index in [-0.39, 0.29) is 12.0 Å². The summed E-state index contributed by atoms with van der Waals surface area (Å²) in [6.07, 6.45) is 7.87. The number of nitrogens with zero attached hydrogens (tertiary/aromatic N) is 3. The predicted octanol–water partition coefficient (Wildman–Crippen LogP) is 2.74. The van der Waals surface area contributed by atoms with Crippen molar-refractivity contribution in [3.63, 3.8) is 0 Å². The predicted molar refractivity (Wildman–Crippen MR) is 98.1 cm³/mol. The Bertz CT molecular complexity index is 565. The van der Waals surface area contributed by atoms with Crippen molar-refractivity contribution in [2.24, 2.45) is 11.8 Å². The minimum atomic E-state index is 0.125. The molecule has 1 amide bonds. The number of pyridine rings is 1. The maximum absolute atomic E-state index is 12.9. The normalized spacial score (nSPS) is 30.4. The van der Waals surface area contributed by atoms with Gasteiger partial charge < -0.3 is 9.64 Å². The minimum absolute atomic E-state index is 0.125. The van der Waals surface area contributed by atoms with E-state index in [4.69, 9.17) is 4.74 Å². The average Bonchev–Trinajstić information content (AvgIpc) is 3.02. The van der Waals surface area contributed by atoms with Gasteiger partial charge in [-0.25, -0.2) is 0 Å². The van der Waals surface area contributed by atoms with Crippen molar-refractivity contribution in [2.75, 3.05) is 33.8 Å². The zero-order valence-electron chi connectivity index (χ0n) is 15.7. The van der Waals surface area contributed by atoms with E-state index in [0.717, 1.165) is 38.8 Å². The lowest BCUT2D eigenvalue weighted by atomic mass is 9.91. The minimum Gasteiger partial charge on any atom is -0.378 e. The Balaban J connectivity index is 1.63. The molecular weight excluding hydrogens is 314 g/mol. The van der Waals surface area contributed by atoms with Crippen LogP contribution in [0.3, 0.4) is 0 Å². The first-order valence-electron chi connectivity index (χ1n) is 9.56. The fourth-order valence-electron chi connectivity index (χ4n) is 4.44. The van der Waals surface area contributed by atoms with E-state index < -0.39 is 0 Å². The summed E-state index contributed by atoms with van der Waals surface area (Å²) in [7, 11) is 4.14. The van der Waals surface area contributed by atoms with Gasteiger partial charge in [-0.2, -0.15) is 0 Å². The lowest BCUT2D eigenvalue weighted by Crippen LogP contribution is -2.41. The molecule has 25 heavy (non-hydrogen) atoms. The van der Waals surface area contributed by atoms with Crippen LogP contribution in [0.5, 0.6) is 0 Å². The molecular formula is C20H31N3O2. The second-order valence-corrected chi connectivity index (χ2v) is 7.60. The fourth-order valence-corrected chi connectivity index (χ4v) is 4.44. The number of ether oxygens (including phenoxy) is 1. The fraction of sp³-hybridized carbons (Fsp3) is 0.700. The first-order chi connectivity index (χ1) is 12.1. The molecule has 5 nitrogen and oxygen atoms in total. The lowest BCUT2D eigenvalue weighted by molar-refractivity contribution is -0.140. The number of hydrogen-bond donors (Lipinski definition) is 0. The highest BCUT2D eigenvalue weighted by Crippen LogP contribution is 2.36. The first kappa shape index (κ1) is 18.3. The molecule has 1 aromatic rings. The lowest BCUT2D eigenvalue weighted by Gasteiger charge is -2.33. The van der Waals surface area contributed by atoms with Crippen LogP contribution in [0, 0.1) is 11.8 Å². The summed E-state index contributed by atoms with van der Waals surface area (Å²) in [6, 6.07) is 4.50. The number of likely N-dealkylation sites (tertiary alicyclic amines) is 1. The van der Waals surface area contributed by atoms with Gasteiger partial charge in [-0.15, -0.1) is 0 Å². The zero-order chi connectivity index (χ0) is 17.8. The summed E-state index contributed by atoms with van der Waals surface area (Å²) < 4.78 is 5.73. The summed E-state index contributed by atoms with van der Waals surface area (Å²) in [5, 5.41) is 0. The highest BCUT2D eigenvalue weighted by Gasteiger charge is 2.36. The van der Waals surface area contributed by atoms with Gasteiger partial charge in [0, 0.05) is 44.6 Å². The average molecular weight is 345 g/mol. The van der Waals surface area contributed by atoms with Gasteiger partial charge in [-0.05, 0) is 56.8 Å². The smallest absolute Gasteiger partial charge is 0.225 e. The first-order valence-corrected chi connectivity index (χ1v) is 9.56. The van der Waals surface area contributed by atoms with Crippen molar-refractivity contribution in [3.8, 4) is 0 Å². The summed E-state index contributed by atoms with van der Waals surface area (Å²) >= 11 is 0. The van der Waals surface area contributed by atoms with Crippen LogP contribution in [0.15, 0.2) is 24.5 Å². The van der Waals surface area contributed by atoms with Crippen molar-refractivity contribution in [2.45, 2.75) is 44.8 Å². The van der Waals surface area contributed by atoms with Gasteiger partial charge in [0.05, 0.1) is 6.10 Å². The van der Waals surface area contributed by atoms with Gasteiger partial charge >= 0.3 is 0 Å². The van der Waals surface area contributed by atoms with E-state index in [2.05, 4.69) is 29.9 Å². The van der Waals surface area contributed by atoms with E-state index >= 15 is 0 Å². The van der Waals surface area contributed by atoms with Crippen LogP contribution >= 0.6 is 0 Å². The summed E-state index contributed by atoms with van der Waals surface area (Å²) in [5.74, 6) is 0.880. The van der Waals surface area contributed by atoms with Crippen LogP contribution in [0.2, 0.25) is 0 Å². The number of hydrogen-bond acceptors (Lipinski definition) is 4. The van der Waals surface area contributed by atoms with Crippen molar-refractivity contribution >= 4 is 5.91 Å². The molecule has 2 fully saturated rings. The van der Waals surface area contributed by atoms with E-state index in [1.165, 1.54) is 5.56 Å². The molecule has 138 valence electrons. The topological polar surface area (TPSA) is 45.7 Å². The van der Waals surface area contributed by atoms with Gasteiger partial charge in [0.15, 0.2) is 0 Å². The van der Waals surface area contributed by atoms with Crippen LogP contribution in [-0.4, -0.2) is 60.6 Å². The quantitative estimate of drug-likeness (QED) is 0.823. The Morgan fingerprint density at radius 3 is 3.00 bits per heavy atom. The monoisotopic (exact) mass is 345 g/mol. The third-order valence-electron chi connectivity index (χ3n) is 5.86. The van der Waals surface area contributed by atoms with E-state index in [9.17, 15) is 4.79 Å². The van der Waals surface area contributed by atoms with Gasteiger partial charge in [0.2, 0.25) is 5.91 Å². The maximum Gasteiger partial charge on any atom is 0.225 e. The molecule has 0 unspecified atom stereocenters. The second kappa shape index (κ2) is 8.28. The van der Waals surface area contributed by atoms with Crippen LogP contribution in [0.25, 0.3) is 0 Å². The third-order valence-corrected chi connectivity index (χ3v) is 5.86. The maximum atomic E-state index is 12.9. The number of carbonyl (C=O) groups is 1. The molecule has 5 heteroatoms. The molecule has 0 aromatic carbocycles. The zero-order valence-corrected chi connectivity index (χ0v) is 15.7. The molecule has 2 saturated heterocycles. The molecule has 2 aliphatic heterocycles. The number of rotatable bonds is 5. The second-order valence-electron chi connectivity index (χ2n) is 7.60. The molecule has 0 bridgehead atoms. The van der Waals surface area contributed by atoms with Gasteiger partial charge in [-0.3, -0.25) is 14.7 Å². The molecule has 1 aromatic heterocycles. The Kier molecular flexibility index (Phi) is 6.07. The summed E-state index contributed by atoms with van der Waals surface area (Å²) in [5.41, 5.74) is 1.26. The Morgan fingerprint density at radius 1 is 1.44 bits per heavy atom. The molecule has 0 spiro atoms. The number of aromatic nitrogens is 1. The largest absolute Gasteiger partial charge is 0.378 e. The highest BCUT2D eigenvalue weighted by atomic mass is 16.5. The molecule has 3 heterocycles. The number of amides is 1. The van der Waals surface area contributed by atoms with E-state index in [0.29, 0.717) is 24.5 Å². The Hall–Kier alpha value is -1.46. The van der Waals surface area contributed by atoms with Gasteiger partial charge in [-0.1, -0.05) is 13.0 Å². The van der Waals surface area contributed by atoms with Gasteiger partial charge in [0.25, 0.3) is 0 Å². The standard InChI is InChI=1S/C20H31N3O2/c1-4-18-12-15(8-11-25-18)20(24)23(3)14-17-7-10-22(2)19(17)16-6-5-9-21-13-16/h5-6,9,13,15,17-19H,4,7-8,10-12,14H2,1-3H3/t15-,17-,18-,19-/m0/s1. The third kappa shape index (κ3) is 4.21. The van der Waals surface area contributed by atoms with E-state index in [1.807, 2.05) is 30.4 Å². The summed E-state index contributed by atoms with van der Waals surface area (Å²) in [4.78, 5) is 21.6. The van der Waals surface area contributed by atoms with Crippen LogP contribution < -0.4 is 0 Å². The number of carbonyl (C=O) groups excluding carboxylic acids is 1. The molecule has 0 N–H and O–H groups in total. The molecule has 4 atom stereocenters. The Morgan fingerprint density at radius 2 is 2.28 bits per heavy atom. The van der Waals surface area contributed by atoms with Crippen LogP contribution in [0.1, 0.15) is 44.2 Å². The Labute approximate surface area is 151 Å². The van der Waals surface area contributed by atoms with E-state index in [1.54, 1.807) is 0 Å². The van der Waals surface area contributed by atoms with Gasteiger partial charge in [0.1, 0.15) is 0 Å². The SMILES string of the molecule is CC[C@H]1C[C@@H](C(=O)N(C)C[C@@H]2CCN(C)[C@H]2c2cccnc2)CCO1.